The minimum Gasteiger partial charge on any atom is -0.454 e. The lowest BCUT2D eigenvalue weighted by atomic mass is 10.1. The van der Waals surface area contributed by atoms with Gasteiger partial charge in [0.1, 0.15) is 16.8 Å². The van der Waals surface area contributed by atoms with Gasteiger partial charge in [0.15, 0.2) is 16.7 Å². The first-order chi connectivity index (χ1) is 20.5. The Hall–Kier alpha value is -3.86. The number of hydrogen-bond donors (Lipinski definition) is 1. The predicted octanol–water partition coefficient (Wildman–Crippen LogP) is 5.54. The number of piperazine rings is 1. The number of hydrogen-bond acceptors (Lipinski definition) is 8. The van der Waals surface area contributed by atoms with Gasteiger partial charge in [-0.15, -0.1) is 0 Å². The quantitative estimate of drug-likeness (QED) is 0.151. The number of anilines is 1. The van der Waals surface area contributed by atoms with Crippen molar-refractivity contribution in [3.63, 3.8) is 0 Å². The van der Waals surface area contributed by atoms with Crippen LogP contribution in [-0.2, 0) is 18.8 Å². The lowest BCUT2D eigenvalue weighted by Gasteiger charge is -2.35. The maximum atomic E-state index is 13.1. The summed E-state index contributed by atoms with van der Waals surface area (Å²) in [7, 11) is 0. The third-order valence-corrected chi connectivity index (χ3v) is 8.24. The van der Waals surface area contributed by atoms with E-state index in [2.05, 4.69) is 32.2 Å². The van der Waals surface area contributed by atoms with E-state index in [0.717, 1.165) is 61.2 Å². The fourth-order valence-electron chi connectivity index (χ4n) is 4.88. The minimum atomic E-state index is -0.303. The molecule has 1 aromatic heterocycles. The van der Waals surface area contributed by atoms with E-state index < -0.39 is 0 Å². The average molecular weight is 606 g/mol. The number of aromatic nitrogens is 2. The Balaban J connectivity index is 1.02. The van der Waals surface area contributed by atoms with Crippen molar-refractivity contribution in [3.8, 4) is 11.5 Å². The van der Waals surface area contributed by atoms with Crippen molar-refractivity contribution in [1.82, 2.24) is 20.2 Å². The van der Waals surface area contributed by atoms with Crippen molar-refractivity contribution in [1.29, 1.82) is 0 Å². The first-order valence-electron chi connectivity index (χ1n) is 13.6. The van der Waals surface area contributed by atoms with Gasteiger partial charge in [0.2, 0.25) is 6.79 Å². The van der Waals surface area contributed by atoms with Crippen molar-refractivity contribution in [2.45, 2.75) is 24.0 Å². The van der Waals surface area contributed by atoms with E-state index in [-0.39, 0.29) is 18.5 Å². The van der Waals surface area contributed by atoms with Crippen LogP contribution in [0.1, 0.15) is 27.0 Å². The van der Waals surface area contributed by atoms with Crippen molar-refractivity contribution in [3.05, 3.63) is 106 Å². The van der Waals surface area contributed by atoms with Crippen LogP contribution in [0.15, 0.2) is 78.0 Å². The molecule has 42 heavy (non-hydrogen) atoms. The zero-order valence-electron chi connectivity index (χ0n) is 22.8. The third kappa shape index (κ3) is 7.13. The molecular formula is C31H29ClFN5O3S. The molecule has 3 aromatic carbocycles. The van der Waals surface area contributed by atoms with Crippen molar-refractivity contribution < 1.29 is 18.7 Å². The Morgan fingerprint density at radius 2 is 1.69 bits per heavy atom. The first-order valence-corrected chi connectivity index (χ1v) is 15.0. The fourth-order valence-corrected chi connectivity index (χ4v) is 5.91. The van der Waals surface area contributed by atoms with Crippen LogP contribution in [0.4, 0.5) is 10.2 Å². The number of thioether (sulfide) groups is 1. The van der Waals surface area contributed by atoms with E-state index in [1.54, 1.807) is 18.2 Å². The number of nitrogens with one attached hydrogen (secondary N) is 1. The smallest absolute Gasteiger partial charge is 0.251 e. The highest BCUT2D eigenvalue weighted by atomic mass is 35.5. The second kappa shape index (κ2) is 13.0. The summed E-state index contributed by atoms with van der Waals surface area (Å²) < 4.78 is 24.1. The molecule has 6 rings (SSSR count). The summed E-state index contributed by atoms with van der Waals surface area (Å²) in [6.45, 7) is 4.91. The monoisotopic (exact) mass is 605 g/mol. The fraction of sp³-hybridized carbons (Fsp3) is 0.258. The number of halogens is 2. The Bertz CT molecular complexity index is 1570. The molecule has 0 aliphatic carbocycles. The molecule has 0 spiro atoms. The van der Waals surface area contributed by atoms with Crippen LogP contribution in [0, 0.1) is 5.82 Å². The Kier molecular flexibility index (Phi) is 8.73. The third-order valence-electron chi connectivity index (χ3n) is 7.12. The Labute approximate surface area is 252 Å². The van der Waals surface area contributed by atoms with Crippen LogP contribution in [0.5, 0.6) is 11.5 Å². The van der Waals surface area contributed by atoms with Crippen LogP contribution < -0.4 is 19.7 Å². The number of fused-ring (bicyclic) bond motifs is 1. The van der Waals surface area contributed by atoms with Gasteiger partial charge >= 0.3 is 0 Å². The van der Waals surface area contributed by atoms with Crippen molar-refractivity contribution in [2.75, 3.05) is 37.9 Å². The van der Waals surface area contributed by atoms with Gasteiger partial charge in [0.25, 0.3) is 5.91 Å². The van der Waals surface area contributed by atoms with Gasteiger partial charge in [-0.1, -0.05) is 53.7 Å². The second-order valence-electron chi connectivity index (χ2n) is 10.1. The van der Waals surface area contributed by atoms with Gasteiger partial charge in [-0.2, -0.15) is 0 Å². The Morgan fingerprint density at radius 3 is 2.52 bits per heavy atom. The van der Waals surface area contributed by atoms with Crippen LogP contribution in [0.25, 0.3) is 0 Å². The topological polar surface area (TPSA) is 79.8 Å². The SMILES string of the molecule is O=C(NCc1ccc(F)cc1)c1cccc(CSc2nc(Cl)cc(N3CCN(Cc4ccc5c(c4)OCO5)CC3)n2)c1. The molecule has 0 atom stereocenters. The van der Waals surface area contributed by atoms with E-state index in [0.29, 0.717) is 28.2 Å². The molecule has 0 saturated carbocycles. The molecule has 0 bridgehead atoms. The van der Waals surface area contributed by atoms with Crippen LogP contribution >= 0.6 is 23.4 Å². The zero-order chi connectivity index (χ0) is 28.9. The summed E-state index contributed by atoms with van der Waals surface area (Å²) in [5, 5.41) is 3.87. The largest absolute Gasteiger partial charge is 0.454 e. The van der Waals surface area contributed by atoms with E-state index in [4.69, 9.17) is 26.1 Å². The lowest BCUT2D eigenvalue weighted by Crippen LogP contribution is -2.46. The number of amides is 1. The molecule has 11 heteroatoms. The first kappa shape index (κ1) is 28.3. The number of benzene rings is 3. The minimum absolute atomic E-state index is 0.190. The van der Waals surface area contributed by atoms with Crippen LogP contribution in [0.2, 0.25) is 5.15 Å². The van der Waals surface area contributed by atoms with Crippen molar-refractivity contribution in [2.24, 2.45) is 0 Å². The summed E-state index contributed by atoms with van der Waals surface area (Å²) >= 11 is 7.87. The standard InChI is InChI=1S/C31H29ClFN5O3S/c32-28-16-29(38-12-10-37(11-13-38)18-22-6-9-26-27(15-22)41-20-40-26)36-31(35-28)42-19-23-2-1-3-24(14-23)30(39)34-17-21-4-7-25(33)8-5-21/h1-9,14-16H,10-13,17-20H2,(H,34,39). The maximum absolute atomic E-state index is 13.1. The van der Waals surface area contributed by atoms with Crippen LogP contribution in [0.3, 0.4) is 0 Å². The zero-order valence-corrected chi connectivity index (χ0v) is 24.3. The van der Waals surface area contributed by atoms with E-state index in [1.807, 2.05) is 30.3 Å². The molecule has 0 radical (unpaired) electrons. The highest BCUT2D eigenvalue weighted by Gasteiger charge is 2.21. The number of carbonyl (C=O) groups excluding carboxylic acids is 1. The van der Waals surface area contributed by atoms with Gasteiger partial charge in [-0.05, 0) is 53.1 Å². The van der Waals surface area contributed by atoms with Gasteiger partial charge in [0, 0.05) is 56.7 Å². The van der Waals surface area contributed by atoms with E-state index >= 15 is 0 Å². The highest BCUT2D eigenvalue weighted by molar-refractivity contribution is 7.98. The normalized spacial score (nSPS) is 14.7. The molecule has 216 valence electrons. The lowest BCUT2D eigenvalue weighted by molar-refractivity contribution is 0.0951. The summed E-state index contributed by atoms with van der Waals surface area (Å²) in [6.07, 6.45) is 0. The number of carbonyl (C=O) groups is 1. The summed E-state index contributed by atoms with van der Waals surface area (Å²) in [4.78, 5) is 26.5. The summed E-state index contributed by atoms with van der Waals surface area (Å²) in [5.41, 5.74) is 3.56. The second-order valence-corrected chi connectivity index (χ2v) is 11.4. The molecular weight excluding hydrogens is 577 g/mol. The highest BCUT2D eigenvalue weighted by Crippen LogP contribution is 2.33. The van der Waals surface area contributed by atoms with Crippen LogP contribution in [-0.4, -0.2) is 53.7 Å². The number of ether oxygens (including phenoxy) is 2. The van der Waals surface area contributed by atoms with Gasteiger partial charge in [0.05, 0.1) is 0 Å². The van der Waals surface area contributed by atoms with E-state index in [9.17, 15) is 9.18 Å². The van der Waals surface area contributed by atoms with E-state index in [1.165, 1.54) is 29.5 Å². The maximum Gasteiger partial charge on any atom is 0.251 e. The molecule has 0 unspecified atom stereocenters. The molecule has 3 heterocycles. The molecule has 1 amide bonds. The molecule has 2 aliphatic rings. The number of rotatable bonds is 9. The molecule has 1 fully saturated rings. The molecule has 2 aliphatic heterocycles. The predicted molar refractivity (Wildman–Crippen MR) is 161 cm³/mol. The molecule has 1 N–H and O–H groups in total. The molecule has 1 saturated heterocycles. The van der Waals surface area contributed by atoms with Crippen molar-refractivity contribution >= 4 is 35.1 Å². The summed E-state index contributed by atoms with van der Waals surface area (Å²) in [5.74, 6) is 2.52. The summed E-state index contributed by atoms with van der Waals surface area (Å²) in [6, 6.07) is 21.4. The van der Waals surface area contributed by atoms with Gasteiger partial charge in [-0.3, -0.25) is 9.69 Å². The molecule has 4 aromatic rings. The molecule has 8 nitrogen and oxygen atoms in total. The number of nitrogens with zero attached hydrogens (tertiary/aromatic N) is 4. The Morgan fingerprint density at radius 1 is 0.905 bits per heavy atom. The van der Waals surface area contributed by atoms with Gasteiger partial charge < -0.3 is 19.7 Å². The van der Waals surface area contributed by atoms with Gasteiger partial charge in [-0.25, -0.2) is 14.4 Å². The average Bonchev–Trinajstić information content (AvgIpc) is 3.48.